The first-order chi connectivity index (χ1) is 9.72. The molecule has 2 aliphatic rings. The van der Waals surface area contributed by atoms with E-state index in [0.29, 0.717) is 29.6 Å². The molecule has 1 amide bonds. The lowest BCUT2D eigenvalue weighted by Gasteiger charge is -2.38. The van der Waals surface area contributed by atoms with Gasteiger partial charge in [0.15, 0.2) is 0 Å². The standard InChI is InChI=1S/C15H20N2O3/c1-19-13-7-11-4-5-12(8-13)17(11)15(18)10-3-6-14(20-2)16-9-10/h3,6,9,11-13H,4-5,7-8H2,1-2H3/t11-,12+,13?. The summed E-state index contributed by atoms with van der Waals surface area (Å²) < 4.78 is 10.5. The highest BCUT2D eigenvalue weighted by Crippen LogP contribution is 2.37. The van der Waals surface area contributed by atoms with Gasteiger partial charge in [0.05, 0.1) is 18.8 Å². The maximum absolute atomic E-state index is 12.7. The molecule has 1 unspecified atom stereocenters. The third-order valence-corrected chi connectivity index (χ3v) is 4.45. The molecule has 2 fully saturated rings. The molecule has 5 nitrogen and oxygen atoms in total. The van der Waals surface area contributed by atoms with E-state index in [1.807, 2.05) is 4.90 Å². The van der Waals surface area contributed by atoms with E-state index in [0.717, 1.165) is 25.7 Å². The second-order valence-electron chi connectivity index (χ2n) is 5.52. The zero-order valence-electron chi connectivity index (χ0n) is 11.9. The van der Waals surface area contributed by atoms with Crippen LogP contribution in [-0.2, 0) is 4.74 Å². The lowest BCUT2D eigenvalue weighted by atomic mass is 9.99. The van der Waals surface area contributed by atoms with Crippen molar-refractivity contribution in [2.24, 2.45) is 0 Å². The maximum atomic E-state index is 12.7. The summed E-state index contributed by atoms with van der Waals surface area (Å²) in [6.07, 6.45) is 5.96. The molecule has 1 aromatic heterocycles. The van der Waals surface area contributed by atoms with Crippen molar-refractivity contribution in [1.29, 1.82) is 0 Å². The van der Waals surface area contributed by atoms with Crippen LogP contribution in [0.2, 0.25) is 0 Å². The number of rotatable bonds is 3. The van der Waals surface area contributed by atoms with Gasteiger partial charge in [0.1, 0.15) is 0 Å². The highest BCUT2D eigenvalue weighted by Gasteiger charge is 2.43. The van der Waals surface area contributed by atoms with Crippen molar-refractivity contribution in [3.05, 3.63) is 23.9 Å². The third kappa shape index (κ3) is 2.26. The molecular weight excluding hydrogens is 256 g/mol. The molecule has 1 aromatic rings. The third-order valence-electron chi connectivity index (χ3n) is 4.45. The van der Waals surface area contributed by atoms with Crippen LogP contribution in [-0.4, -0.2) is 48.2 Å². The molecular formula is C15H20N2O3. The van der Waals surface area contributed by atoms with E-state index in [4.69, 9.17) is 9.47 Å². The fourth-order valence-electron chi connectivity index (χ4n) is 3.43. The average molecular weight is 276 g/mol. The van der Waals surface area contributed by atoms with Crippen LogP contribution in [0.15, 0.2) is 18.3 Å². The number of methoxy groups -OCH3 is 2. The summed E-state index contributed by atoms with van der Waals surface area (Å²) in [5.41, 5.74) is 0.638. The van der Waals surface area contributed by atoms with Gasteiger partial charge in [-0.15, -0.1) is 0 Å². The molecule has 2 aliphatic heterocycles. The van der Waals surface area contributed by atoms with Gasteiger partial charge in [0.2, 0.25) is 5.88 Å². The smallest absolute Gasteiger partial charge is 0.255 e. The first-order valence-electron chi connectivity index (χ1n) is 7.08. The number of hydrogen-bond acceptors (Lipinski definition) is 4. The van der Waals surface area contributed by atoms with Crippen LogP contribution < -0.4 is 4.74 Å². The topological polar surface area (TPSA) is 51.7 Å². The zero-order chi connectivity index (χ0) is 14.1. The SMILES string of the molecule is COc1ccc(C(=O)N2[C@@H]3CC[C@H]2CC(OC)C3)cn1. The summed E-state index contributed by atoms with van der Waals surface area (Å²) in [5.74, 6) is 0.616. The second-order valence-corrected chi connectivity index (χ2v) is 5.52. The van der Waals surface area contributed by atoms with E-state index in [1.54, 1.807) is 32.5 Å². The molecule has 3 atom stereocenters. The quantitative estimate of drug-likeness (QED) is 0.845. The van der Waals surface area contributed by atoms with Gasteiger partial charge in [-0.2, -0.15) is 0 Å². The van der Waals surface area contributed by atoms with Crippen LogP contribution in [0.1, 0.15) is 36.0 Å². The lowest BCUT2D eigenvalue weighted by molar-refractivity contribution is 0.00820. The summed E-state index contributed by atoms with van der Waals surface area (Å²) >= 11 is 0. The second kappa shape index (κ2) is 5.40. The van der Waals surface area contributed by atoms with Gasteiger partial charge >= 0.3 is 0 Å². The van der Waals surface area contributed by atoms with Crippen molar-refractivity contribution in [3.8, 4) is 5.88 Å². The number of fused-ring (bicyclic) bond motifs is 2. The summed E-state index contributed by atoms with van der Waals surface area (Å²) in [6.45, 7) is 0. The molecule has 2 bridgehead atoms. The maximum Gasteiger partial charge on any atom is 0.255 e. The molecule has 5 heteroatoms. The molecule has 0 radical (unpaired) electrons. The normalized spacial score (nSPS) is 28.5. The van der Waals surface area contributed by atoms with Crippen molar-refractivity contribution in [3.63, 3.8) is 0 Å². The number of nitrogens with zero attached hydrogens (tertiary/aromatic N) is 2. The van der Waals surface area contributed by atoms with Crippen molar-refractivity contribution < 1.29 is 14.3 Å². The molecule has 20 heavy (non-hydrogen) atoms. The Morgan fingerprint density at radius 3 is 2.45 bits per heavy atom. The first kappa shape index (κ1) is 13.4. The Morgan fingerprint density at radius 2 is 1.95 bits per heavy atom. The minimum atomic E-state index is 0.0854. The van der Waals surface area contributed by atoms with Crippen molar-refractivity contribution >= 4 is 5.91 Å². The van der Waals surface area contributed by atoms with Crippen molar-refractivity contribution in [1.82, 2.24) is 9.88 Å². The van der Waals surface area contributed by atoms with Gasteiger partial charge < -0.3 is 14.4 Å². The van der Waals surface area contributed by atoms with Gasteiger partial charge in [-0.25, -0.2) is 4.98 Å². The van der Waals surface area contributed by atoms with E-state index < -0.39 is 0 Å². The van der Waals surface area contributed by atoms with Crippen molar-refractivity contribution in [2.75, 3.05) is 14.2 Å². The predicted molar refractivity (Wildman–Crippen MR) is 73.8 cm³/mol. The summed E-state index contributed by atoms with van der Waals surface area (Å²) in [6, 6.07) is 4.15. The molecule has 3 rings (SSSR count). The fourth-order valence-corrected chi connectivity index (χ4v) is 3.43. The number of aromatic nitrogens is 1. The molecule has 2 saturated heterocycles. The predicted octanol–water partition coefficient (Wildman–Crippen LogP) is 1.87. The van der Waals surface area contributed by atoms with Crippen molar-refractivity contribution in [2.45, 2.75) is 43.9 Å². The van der Waals surface area contributed by atoms with Crippen LogP contribution >= 0.6 is 0 Å². The van der Waals surface area contributed by atoms with E-state index >= 15 is 0 Å². The van der Waals surface area contributed by atoms with E-state index in [2.05, 4.69) is 4.98 Å². The molecule has 0 aliphatic carbocycles. The van der Waals surface area contributed by atoms with Crippen LogP contribution in [0.25, 0.3) is 0 Å². The number of pyridine rings is 1. The number of carbonyl (C=O) groups excluding carboxylic acids is 1. The number of piperidine rings is 1. The highest BCUT2D eigenvalue weighted by atomic mass is 16.5. The summed E-state index contributed by atoms with van der Waals surface area (Å²) in [7, 11) is 3.33. The Kier molecular flexibility index (Phi) is 3.61. The van der Waals surface area contributed by atoms with Gasteiger partial charge in [-0.1, -0.05) is 0 Å². The van der Waals surface area contributed by atoms with Gasteiger partial charge in [-0.05, 0) is 31.7 Å². The number of hydrogen-bond donors (Lipinski definition) is 0. The van der Waals surface area contributed by atoms with Gasteiger partial charge in [0, 0.05) is 31.5 Å². The molecule has 108 valence electrons. The zero-order valence-corrected chi connectivity index (χ0v) is 11.9. The minimum absolute atomic E-state index is 0.0854. The van der Waals surface area contributed by atoms with Crippen LogP contribution in [0, 0.1) is 0 Å². The van der Waals surface area contributed by atoms with E-state index in [9.17, 15) is 4.79 Å². The van der Waals surface area contributed by atoms with Crippen LogP contribution in [0.4, 0.5) is 0 Å². The number of ether oxygens (including phenoxy) is 2. The Morgan fingerprint density at radius 1 is 1.25 bits per heavy atom. The van der Waals surface area contributed by atoms with Gasteiger partial charge in [0.25, 0.3) is 5.91 Å². The van der Waals surface area contributed by atoms with Crippen LogP contribution in [0.3, 0.4) is 0 Å². The molecule has 0 spiro atoms. The largest absolute Gasteiger partial charge is 0.481 e. The first-order valence-corrected chi connectivity index (χ1v) is 7.08. The van der Waals surface area contributed by atoms with E-state index in [1.165, 1.54) is 0 Å². The monoisotopic (exact) mass is 276 g/mol. The Hall–Kier alpha value is -1.62. The average Bonchev–Trinajstić information content (AvgIpc) is 2.76. The number of amides is 1. The minimum Gasteiger partial charge on any atom is -0.481 e. The number of carbonyl (C=O) groups is 1. The highest BCUT2D eigenvalue weighted by molar-refractivity contribution is 5.94. The molecule has 3 heterocycles. The molecule has 0 saturated carbocycles. The summed E-state index contributed by atoms with van der Waals surface area (Å²) in [4.78, 5) is 18.8. The van der Waals surface area contributed by atoms with Gasteiger partial charge in [-0.3, -0.25) is 4.79 Å². The van der Waals surface area contributed by atoms with E-state index in [-0.39, 0.29) is 5.91 Å². The Balaban J connectivity index is 1.77. The fraction of sp³-hybridized carbons (Fsp3) is 0.600. The Bertz CT molecular complexity index is 474. The summed E-state index contributed by atoms with van der Waals surface area (Å²) in [5, 5.41) is 0. The molecule has 0 aromatic carbocycles. The van der Waals surface area contributed by atoms with Crippen LogP contribution in [0.5, 0.6) is 5.88 Å². The lowest BCUT2D eigenvalue weighted by Crippen LogP contribution is -2.48. The molecule has 0 N–H and O–H groups in total. The Labute approximate surface area is 118 Å².